The van der Waals surface area contributed by atoms with Gasteiger partial charge in [0.1, 0.15) is 0 Å². The Morgan fingerprint density at radius 2 is 1.65 bits per heavy atom. The van der Waals surface area contributed by atoms with E-state index in [1.165, 1.54) is 0 Å². The number of hydrogen-bond donors (Lipinski definition) is 1. The maximum Gasteiger partial charge on any atom is 0.251 e. The monoisotopic (exact) mass is 364 g/mol. The first kappa shape index (κ1) is 18.2. The number of pyridine rings is 1. The van der Waals surface area contributed by atoms with Gasteiger partial charge < -0.3 is 5.32 Å². The van der Waals surface area contributed by atoms with E-state index in [9.17, 15) is 4.79 Å². The number of nitrogens with zero attached hydrogens (tertiary/aromatic N) is 1. The molecule has 0 saturated carbocycles. The van der Waals surface area contributed by atoms with Crippen LogP contribution in [0.4, 0.5) is 0 Å². The van der Waals surface area contributed by atoms with E-state index in [1.54, 1.807) is 6.20 Å². The molecule has 2 aromatic carbocycles. The van der Waals surface area contributed by atoms with Gasteiger partial charge in [0.15, 0.2) is 0 Å². The number of carbonyl (C=O) groups is 1. The summed E-state index contributed by atoms with van der Waals surface area (Å²) in [5.74, 6) is 0.0456. The third-order valence-corrected chi connectivity index (χ3v) is 4.89. The summed E-state index contributed by atoms with van der Waals surface area (Å²) >= 11 is 6.36. The van der Waals surface area contributed by atoms with Crippen molar-refractivity contribution in [3.63, 3.8) is 0 Å². The lowest BCUT2D eigenvalue weighted by Crippen LogP contribution is -2.30. The van der Waals surface area contributed by atoms with Crippen LogP contribution < -0.4 is 5.32 Å². The Balaban J connectivity index is 1.83. The molecule has 0 aliphatic rings. The molecule has 3 aromatic rings. The first-order chi connectivity index (χ1) is 12.7. The van der Waals surface area contributed by atoms with Crippen molar-refractivity contribution < 1.29 is 4.79 Å². The highest BCUT2D eigenvalue weighted by Gasteiger charge is 2.24. The van der Waals surface area contributed by atoms with Gasteiger partial charge in [-0.2, -0.15) is 0 Å². The van der Waals surface area contributed by atoms with Crippen LogP contribution >= 0.6 is 11.6 Å². The number of hydrogen-bond acceptors (Lipinski definition) is 2. The SMILES string of the molecule is CC(c1ncccc1Cl)C(CNC(=O)c1ccccc1)c1ccccc1. The van der Waals surface area contributed by atoms with Gasteiger partial charge >= 0.3 is 0 Å². The number of carbonyl (C=O) groups excluding carboxylic acids is 1. The molecule has 0 saturated heterocycles. The first-order valence-corrected chi connectivity index (χ1v) is 9.03. The fourth-order valence-electron chi connectivity index (χ4n) is 3.10. The molecule has 1 amide bonds. The van der Waals surface area contributed by atoms with Crippen molar-refractivity contribution in [2.75, 3.05) is 6.54 Å². The zero-order valence-corrected chi connectivity index (χ0v) is 15.4. The lowest BCUT2D eigenvalue weighted by atomic mass is 9.84. The van der Waals surface area contributed by atoms with Crippen molar-refractivity contribution in [3.05, 3.63) is 101 Å². The van der Waals surface area contributed by atoms with E-state index < -0.39 is 0 Å². The number of aromatic nitrogens is 1. The lowest BCUT2D eigenvalue weighted by molar-refractivity contribution is 0.0950. The second kappa shape index (κ2) is 8.63. The highest BCUT2D eigenvalue weighted by Crippen LogP contribution is 2.34. The van der Waals surface area contributed by atoms with Crippen LogP contribution in [0.1, 0.15) is 40.4 Å². The second-order valence-corrected chi connectivity index (χ2v) is 6.66. The molecule has 26 heavy (non-hydrogen) atoms. The molecule has 1 heterocycles. The number of halogens is 1. The van der Waals surface area contributed by atoms with Crippen LogP contribution in [0.15, 0.2) is 79.0 Å². The fourth-order valence-corrected chi connectivity index (χ4v) is 3.39. The first-order valence-electron chi connectivity index (χ1n) is 8.65. The highest BCUT2D eigenvalue weighted by molar-refractivity contribution is 6.31. The van der Waals surface area contributed by atoms with Gasteiger partial charge in [0, 0.05) is 30.1 Å². The van der Waals surface area contributed by atoms with Gasteiger partial charge in [-0.25, -0.2) is 0 Å². The maximum atomic E-state index is 12.5. The van der Waals surface area contributed by atoms with Crippen LogP contribution in [0.3, 0.4) is 0 Å². The summed E-state index contributed by atoms with van der Waals surface area (Å²) in [5.41, 5.74) is 2.65. The summed E-state index contributed by atoms with van der Waals surface area (Å²) in [6.45, 7) is 2.60. The third-order valence-electron chi connectivity index (χ3n) is 4.57. The average molecular weight is 365 g/mol. The van der Waals surface area contributed by atoms with Crippen molar-refractivity contribution in [2.45, 2.75) is 18.8 Å². The van der Waals surface area contributed by atoms with Gasteiger partial charge in [-0.15, -0.1) is 0 Å². The van der Waals surface area contributed by atoms with Crippen molar-refractivity contribution in [3.8, 4) is 0 Å². The summed E-state index contributed by atoms with van der Waals surface area (Å²) in [6.07, 6.45) is 1.75. The molecule has 2 unspecified atom stereocenters. The molecule has 1 aromatic heterocycles. The van der Waals surface area contributed by atoms with Crippen LogP contribution in [0, 0.1) is 0 Å². The molecule has 0 fully saturated rings. The van der Waals surface area contributed by atoms with Crippen molar-refractivity contribution in [2.24, 2.45) is 0 Å². The molecule has 2 atom stereocenters. The molecule has 4 heteroatoms. The standard InChI is InChI=1S/C22H21ClN2O/c1-16(21-20(23)13-8-14-24-21)19(17-9-4-2-5-10-17)15-25-22(26)18-11-6-3-7-12-18/h2-14,16,19H,15H2,1H3,(H,25,26). The van der Waals surface area contributed by atoms with E-state index in [0.717, 1.165) is 11.3 Å². The average Bonchev–Trinajstić information content (AvgIpc) is 2.69. The van der Waals surface area contributed by atoms with Gasteiger partial charge in [-0.1, -0.05) is 67.1 Å². The Bertz CT molecular complexity index is 852. The van der Waals surface area contributed by atoms with Crippen LogP contribution in [-0.2, 0) is 0 Å². The Kier molecular flexibility index (Phi) is 6.03. The predicted octanol–water partition coefficient (Wildman–Crippen LogP) is 5.05. The van der Waals surface area contributed by atoms with Gasteiger partial charge in [-0.05, 0) is 29.8 Å². The summed E-state index contributed by atoms with van der Waals surface area (Å²) in [6, 6.07) is 23.1. The number of nitrogens with one attached hydrogen (secondary N) is 1. The zero-order chi connectivity index (χ0) is 18.4. The number of amides is 1. The van der Waals surface area contributed by atoms with E-state index in [1.807, 2.05) is 60.7 Å². The van der Waals surface area contributed by atoms with E-state index in [0.29, 0.717) is 17.1 Å². The fraction of sp³-hybridized carbons (Fsp3) is 0.182. The summed E-state index contributed by atoms with van der Waals surface area (Å²) < 4.78 is 0. The molecule has 0 bridgehead atoms. The smallest absolute Gasteiger partial charge is 0.251 e. The maximum absolute atomic E-state index is 12.5. The van der Waals surface area contributed by atoms with Gasteiger partial charge in [0.2, 0.25) is 0 Å². The molecule has 0 radical (unpaired) electrons. The van der Waals surface area contributed by atoms with Crippen molar-refractivity contribution in [1.29, 1.82) is 0 Å². The molecule has 3 nitrogen and oxygen atoms in total. The van der Waals surface area contributed by atoms with Crippen LogP contribution in [0.2, 0.25) is 5.02 Å². The summed E-state index contributed by atoms with van der Waals surface area (Å²) in [4.78, 5) is 16.9. The third kappa shape index (κ3) is 4.30. The quantitative estimate of drug-likeness (QED) is 0.664. The van der Waals surface area contributed by atoms with Crippen LogP contribution in [0.5, 0.6) is 0 Å². The van der Waals surface area contributed by atoms with Crippen molar-refractivity contribution >= 4 is 17.5 Å². The highest BCUT2D eigenvalue weighted by atomic mass is 35.5. The van der Waals surface area contributed by atoms with Crippen LogP contribution in [0.25, 0.3) is 0 Å². The van der Waals surface area contributed by atoms with E-state index in [-0.39, 0.29) is 17.7 Å². The molecule has 0 aliphatic carbocycles. The minimum absolute atomic E-state index is 0.0576. The van der Waals surface area contributed by atoms with Crippen molar-refractivity contribution in [1.82, 2.24) is 10.3 Å². The van der Waals surface area contributed by atoms with Gasteiger partial charge in [0.05, 0.1) is 10.7 Å². The molecule has 132 valence electrons. The molecular weight excluding hydrogens is 344 g/mol. The number of benzene rings is 2. The van der Waals surface area contributed by atoms with Crippen LogP contribution in [-0.4, -0.2) is 17.4 Å². The second-order valence-electron chi connectivity index (χ2n) is 6.25. The molecule has 1 N–H and O–H groups in total. The van der Waals surface area contributed by atoms with E-state index >= 15 is 0 Å². The summed E-state index contributed by atoms with van der Waals surface area (Å²) in [5, 5.41) is 3.71. The van der Waals surface area contributed by atoms with E-state index in [2.05, 4.69) is 29.4 Å². The Morgan fingerprint density at radius 1 is 1.00 bits per heavy atom. The lowest BCUT2D eigenvalue weighted by Gasteiger charge is -2.25. The van der Waals surface area contributed by atoms with E-state index in [4.69, 9.17) is 11.6 Å². The molecule has 3 rings (SSSR count). The normalized spacial score (nSPS) is 13.0. The van der Waals surface area contributed by atoms with Gasteiger partial charge in [-0.3, -0.25) is 9.78 Å². The topological polar surface area (TPSA) is 42.0 Å². The Morgan fingerprint density at radius 3 is 2.31 bits per heavy atom. The molecular formula is C22H21ClN2O. The largest absolute Gasteiger partial charge is 0.351 e. The summed E-state index contributed by atoms with van der Waals surface area (Å²) in [7, 11) is 0. The Labute approximate surface area is 159 Å². The Hall–Kier alpha value is -2.65. The minimum Gasteiger partial charge on any atom is -0.351 e. The predicted molar refractivity (Wildman–Crippen MR) is 106 cm³/mol. The van der Waals surface area contributed by atoms with Gasteiger partial charge in [0.25, 0.3) is 5.91 Å². The molecule has 0 aliphatic heterocycles. The minimum atomic E-state index is -0.0779. The zero-order valence-electron chi connectivity index (χ0n) is 14.6. The number of rotatable bonds is 6. The molecule has 0 spiro atoms.